The molecule has 0 spiro atoms. The third-order valence-corrected chi connectivity index (χ3v) is 5.57. The summed E-state index contributed by atoms with van der Waals surface area (Å²) >= 11 is 0. The van der Waals surface area contributed by atoms with Gasteiger partial charge < -0.3 is 10.2 Å². The smallest absolute Gasteiger partial charge is 0.0309 e. The largest absolute Gasteiger partial charge is 0.309 e. The second-order valence-corrected chi connectivity index (χ2v) is 7.19. The van der Waals surface area contributed by atoms with Crippen LogP contribution < -0.4 is 5.32 Å². The molecule has 0 bridgehead atoms. The van der Waals surface area contributed by atoms with Crippen LogP contribution in [-0.4, -0.2) is 36.6 Å². The first-order valence-electron chi connectivity index (χ1n) is 8.24. The van der Waals surface area contributed by atoms with E-state index >= 15 is 0 Å². The molecule has 104 valence electrons. The van der Waals surface area contributed by atoms with Crippen LogP contribution in [-0.2, 0) is 0 Å². The monoisotopic (exact) mass is 250 g/mol. The lowest BCUT2D eigenvalue weighted by Gasteiger charge is -2.42. The van der Waals surface area contributed by atoms with Crippen LogP contribution in [0.15, 0.2) is 0 Å². The normalized spacial score (nSPS) is 35.8. The molecular weight excluding hydrogens is 220 g/mol. The fraction of sp³-hybridized carbons (Fsp3) is 1.00. The zero-order valence-electron chi connectivity index (χ0n) is 12.1. The van der Waals surface area contributed by atoms with Crippen molar-refractivity contribution in [2.45, 2.75) is 63.8 Å². The Bertz CT molecular complexity index is 268. The zero-order chi connectivity index (χ0) is 12.4. The molecule has 3 aliphatic rings. The molecule has 3 rings (SSSR count). The van der Waals surface area contributed by atoms with Crippen LogP contribution in [0.1, 0.15) is 58.3 Å². The Kier molecular flexibility index (Phi) is 3.95. The molecule has 1 heterocycles. The standard InChI is InChI=1S/C16H30N2/c1-16(15-7-8-15)13-18(12-10-17-16)11-9-14-5-3-2-4-6-14/h14-15,17H,2-13H2,1H3. The lowest BCUT2D eigenvalue weighted by molar-refractivity contribution is 0.118. The van der Waals surface area contributed by atoms with Crippen LogP contribution in [0.3, 0.4) is 0 Å². The summed E-state index contributed by atoms with van der Waals surface area (Å²) in [6.45, 7) is 7.59. The van der Waals surface area contributed by atoms with Gasteiger partial charge in [-0.05, 0) is 44.6 Å². The fourth-order valence-electron chi connectivity index (χ4n) is 4.12. The highest BCUT2D eigenvalue weighted by atomic mass is 15.2. The van der Waals surface area contributed by atoms with Crippen molar-refractivity contribution in [2.75, 3.05) is 26.2 Å². The van der Waals surface area contributed by atoms with E-state index in [4.69, 9.17) is 0 Å². The van der Waals surface area contributed by atoms with Crippen molar-refractivity contribution in [3.8, 4) is 0 Å². The topological polar surface area (TPSA) is 15.3 Å². The quantitative estimate of drug-likeness (QED) is 0.825. The van der Waals surface area contributed by atoms with Crippen LogP contribution in [0.4, 0.5) is 0 Å². The number of rotatable bonds is 4. The minimum atomic E-state index is 0.435. The third kappa shape index (κ3) is 3.08. The highest BCUT2D eigenvalue weighted by Gasteiger charge is 2.43. The number of hydrogen-bond donors (Lipinski definition) is 1. The molecule has 1 atom stereocenters. The fourth-order valence-corrected chi connectivity index (χ4v) is 4.12. The Hall–Kier alpha value is -0.0800. The summed E-state index contributed by atoms with van der Waals surface area (Å²) in [5.74, 6) is 2.01. The van der Waals surface area contributed by atoms with Crippen molar-refractivity contribution in [3.05, 3.63) is 0 Å². The van der Waals surface area contributed by atoms with Gasteiger partial charge in [0.1, 0.15) is 0 Å². The first-order chi connectivity index (χ1) is 8.76. The lowest BCUT2D eigenvalue weighted by Crippen LogP contribution is -2.60. The van der Waals surface area contributed by atoms with Gasteiger partial charge >= 0.3 is 0 Å². The van der Waals surface area contributed by atoms with E-state index in [1.807, 2.05) is 0 Å². The van der Waals surface area contributed by atoms with E-state index in [2.05, 4.69) is 17.1 Å². The van der Waals surface area contributed by atoms with Gasteiger partial charge in [0.25, 0.3) is 0 Å². The summed E-state index contributed by atoms with van der Waals surface area (Å²) in [6.07, 6.45) is 11.9. The minimum Gasteiger partial charge on any atom is -0.309 e. The van der Waals surface area contributed by atoms with E-state index in [-0.39, 0.29) is 0 Å². The third-order valence-electron chi connectivity index (χ3n) is 5.57. The van der Waals surface area contributed by atoms with Crippen LogP contribution in [0.2, 0.25) is 0 Å². The Morgan fingerprint density at radius 2 is 1.89 bits per heavy atom. The molecule has 3 fully saturated rings. The summed E-state index contributed by atoms with van der Waals surface area (Å²) in [4.78, 5) is 2.74. The van der Waals surface area contributed by atoms with Gasteiger partial charge in [0.05, 0.1) is 0 Å². The summed E-state index contributed by atoms with van der Waals surface area (Å²) in [6, 6.07) is 0. The van der Waals surface area contributed by atoms with Gasteiger partial charge in [-0.3, -0.25) is 0 Å². The molecule has 0 radical (unpaired) electrons. The first-order valence-corrected chi connectivity index (χ1v) is 8.24. The molecule has 18 heavy (non-hydrogen) atoms. The number of nitrogens with zero attached hydrogens (tertiary/aromatic N) is 1. The van der Waals surface area contributed by atoms with E-state index in [1.54, 1.807) is 0 Å². The predicted molar refractivity (Wildman–Crippen MR) is 76.8 cm³/mol. The van der Waals surface area contributed by atoms with Crippen LogP contribution in [0.25, 0.3) is 0 Å². The van der Waals surface area contributed by atoms with Crippen molar-refractivity contribution in [1.82, 2.24) is 10.2 Å². The SMILES string of the molecule is CC1(C2CC2)CN(CCC2CCCCC2)CCN1. The highest BCUT2D eigenvalue weighted by molar-refractivity contribution is 5.02. The summed E-state index contributed by atoms with van der Waals surface area (Å²) in [5.41, 5.74) is 0.435. The number of piperazine rings is 1. The van der Waals surface area contributed by atoms with Gasteiger partial charge in [-0.15, -0.1) is 0 Å². The molecule has 0 aromatic carbocycles. The van der Waals surface area contributed by atoms with Crippen molar-refractivity contribution in [3.63, 3.8) is 0 Å². The zero-order valence-corrected chi connectivity index (χ0v) is 12.1. The van der Waals surface area contributed by atoms with Gasteiger partial charge in [-0.1, -0.05) is 32.1 Å². The van der Waals surface area contributed by atoms with Gasteiger partial charge in [0.2, 0.25) is 0 Å². The van der Waals surface area contributed by atoms with Crippen molar-refractivity contribution < 1.29 is 0 Å². The number of hydrogen-bond acceptors (Lipinski definition) is 2. The molecule has 1 aliphatic heterocycles. The van der Waals surface area contributed by atoms with Gasteiger partial charge in [-0.2, -0.15) is 0 Å². The molecule has 2 saturated carbocycles. The van der Waals surface area contributed by atoms with Crippen molar-refractivity contribution >= 4 is 0 Å². The maximum Gasteiger partial charge on any atom is 0.0309 e. The summed E-state index contributed by atoms with van der Waals surface area (Å²) in [5, 5.41) is 3.78. The second-order valence-electron chi connectivity index (χ2n) is 7.19. The molecule has 1 N–H and O–H groups in total. The maximum atomic E-state index is 3.78. The minimum absolute atomic E-state index is 0.435. The average Bonchev–Trinajstić information content (AvgIpc) is 3.22. The Balaban J connectivity index is 1.44. The molecule has 2 heteroatoms. The summed E-state index contributed by atoms with van der Waals surface area (Å²) in [7, 11) is 0. The Morgan fingerprint density at radius 3 is 2.61 bits per heavy atom. The molecule has 1 unspecified atom stereocenters. The van der Waals surface area contributed by atoms with Gasteiger partial charge in [0, 0.05) is 25.2 Å². The van der Waals surface area contributed by atoms with E-state index < -0.39 is 0 Å². The Morgan fingerprint density at radius 1 is 1.11 bits per heavy atom. The van der Waals surface area contributed by atoms with E-state index in [0.29, 0.717) is 5.54 Å². The molecule has 2 nitrogen and oxygen atoms in total. The van der Waals surface area contributed by atoms with Crippen LogP contribution in [0, 0.1) is 11.8 Å². The molecule has 0 aromatic rings. The van der Waals surface area contributed by atoms with Gasteiger partial charge in [-0.25, -0.2) is 0 Å². The van der Waals surface area contributed by atoms with E-state index in [1.165, 1.54) is 77.5 Å². The number of nitrogens with one attached hydrogen (secondary N) is 1. The maximum absolute atomic E-state index is 3.78. The molecule has 1 saturated heterocycles. The average molecular weight is 250 g/mol. The molecular formula is C16H30N2. The predicted octanol–water partition coefficient (Wildman–Crippen LogP) is 3.03. The molecule has 0 aromatic heterocycles. The van der Waals surface area contributed by atoms with Gasteiger partial charge in [0.15, 0.2) is 0 Å². The Labute approximate surface area is 113 Å². The summed E-state index contributed by atoms with van der Waals surface area (Å²) < 4.78 is 0. The second kappa shape index (κ2) is 5.50. The lowest BCUT2D eigenvalue weighted by atomic mass is 9.86. The van der Waals surface area contributed by atoms with Crippen LogP contribution >= 0.6 is 0 Å². The van der Waals surface area contributed by atoms with Crippen LogP contribution in [0.5, 0.6) is 0 Å². The van der Waals surface area contributed by atoms with E-state index in [9.17, 15) is 0 Å². The highest BCUT2D eigenvalue weighted by Crippen LogP contribution is 2.40. The molecule has 0 amide bonds. The van der Waals surface area contributed by atoms with Crippen molar-refractivity contribution in [1.29, 1.82) is 0 Å². The first kappa shape index (κ1) is 12.9. The van der Waals surface area contributed by atoms with Crippen molar-refractivity contribution in [2.24, 2.45) is 11.8 Å². The molecule has 2 aliphatic carbocycles. The van der Waals surface area contributed by atoms with E-state index in [0.717, 1.165) is 11.8 Å².